The normalized spacial score (nSPS) is 17.4. The predicted octanol–water partition coefficient (Wildman–Crippen LogP) is 1.43. The molecule has 2 aromatic heterocycles. The Labute approximate surface area is 127 Å². The lowest BCUT2D eigenvalue weighted by molar-refractivity contribution is 0.350. The van der Waals surface area contributed by atoms with Gasteiger partial charge < -0.3 is 9.84 Å². The maximum absolute atomic E-state index is 5.31. The van der Waals surface area contributed by atoms with Gasteiger partial charge in [0.15, 0.2) is 5.82 Å². The van der Waals surface area contributed by atoms with Gasteiger partial charge in [0, 0.05) is 18.0 Å². The van der Waals surface area contributed by atoms with Gasteiger partial charge in [-0.15, -0.1) is 0 Å². The van der Waals surface area contributed by atoms with Crippen molar-refractivity contribution in [2.24, 2.45) is 0 Å². The van der Waals surface area contributed by atoms with E-state index in [1.807, 2.05) is 35.0 Å². The monoisotopic (exact) mass is 296 g/mol. The summed E-state index contributed by atoms with van der Waals surface area (Å²) in [6.45, 7) is 1.42. The van der Waals surface area contributed by atoms with Gasteiger partial charge in [-0.2, -0.15) is 10.1 Å². The number of hydrogen-bond donors (Lipinski definition) is 1. The van der Waals surface area contributed by atoms with Crippen LogP contribution in [0.4, 0.5) is 0 Å². The Morgan fingerprint density at radius 2 is 2.18 bits per heavy atom. The Morgan fingerprint density at radius 3 is 3.09 bits per heavy atom. The molecule has 0 fully saturated rings. The van der Waals surface area contributed by atoms with Crippen LogP contribution in [0.25, 0.3) is 11.5 Å². The molecule has 0 bridgehead atoms. The Kier molecular flexibility index (Phi) is 3.40. The molecular formula is C15H16N6O. The van der Waals surface area contributed by atoms with Gasteiger partial charge in [0.25, 0.3) is 5.89 Å². The van der Waals surface area contributed by atoms with Crippen LogP contribution in [-0.2, 0) is 19.5 Å². The summed E-state index contributed by atoms with van der Waals surface area (Å²) < 4.78 is 7.26. The molecule has 1 aromatic carbocycles. The van der Waals surface area contributed by atoms with Crippen LogP contribution < -0.4 is 5.32 Å². The Balaban J connectivity index is 1.38. The number of benzene rings is 1. The van der Waals surface area contributed by atoms with Crippen LogP contribution in [0.15, 0.2) is 41.2 Å². The highest BCUT2D eigenvalue weighted by Gasteiger charge is 2.20. The third-order valence-electron chi connectivity index (χ3n) is 3.84. The molecule has 4 rings (SSSR count). The standard InChI is InChI=1S/C15H16N6O/c1-2-4-11(5-3-1)15-19-13(20-22-15)8-16-12-6-7-14-17-10-18-21(14)9-12/h1-5,10,12,16H,6-9H2/t12-/m1/s1. The van der Waals surface area contributed by atoms with Gasteiger partial charge in [0.2, 0.25) is 0 Å². The molecule has 0 unspecified atom stereocenters. The van der Waals surface area contributed by atoms with E-state index >= 15 is 0 Å². The topological polar surface area (TPSA) is 81.7 Å². The van der Waals surface area contributed by atoms with Gasteiger partial charge in [-0.25, -0.2) is 9.67 Å². The first kappa shape index (κ1) is 13.1. The predicted molar refractivity (Wildman–Crippen MR) is 78.7 cm³/mol. The molecule has 7 nitrogen and oxygen atoms in total. The van der Waals surface area contributed by atoms with Crippen LogP contribution in [-0.4, -0.2) is 30.9 Å². The van der Waals surface area contributed by atoms with Crippen molar-refractivity contribution in [1.82, 2.24) is 30.2 Å². The van der Waals surface area contributed by atoms with E-state index < -0.39 is 0 Å². The second-order valence-electron chi connectivity index (χ2n) is 5.36. The summed E-state index contributed by atoms with van der Waals surface area (Å²) in [5.41, 5.74) is 0.936. The highest BCUT2D eigenvalue weighted by atomic mass is 16.5. The molecule has 0 amide bonds. The molecule has 22 heavy (non-hydrogen) atoms. The van der Waals surface area contributed by atoms with Crippen molar-refractivity contribution in [3.8, 4) is 11.5 Å². The zero-order chi connectivity index (χ0) is 14.8. The molecule has 3 aromatic rings. The summed E-state index contributed by atoms with van der Waals surface area (Å²) in [6.07, 6.45) is 3.60. The van der Waals surface area contributed by atoms with E-state index in [0.717, 1.165) is 30.8 Å². The molecule has 1 atom stereocenters. The average molecular weight is 296 g/mol. The van der Waals surface area contributed by atoms with Crippen molar-refractivity contribution < 1.29 is 4.52 Å². The van der Waals surface area contributed by atoms with Crippen LogP contribution in [0, 0.1) is 0 Å². The lowest BCUT2D eigenvalue weighted by Crippen LogP contribution is -2.37. The molecule has 112 valence electrons. The van der Waals surface area contributed by atoms with Crippen molar-refractivity contribution in [2.45, 2.75) is 32.0 Å². The summed E-state index contributed by atoms with van der Waals surface area (Å²) in [4.78, 5) is 8.65. The number of rotatable bonds is 4. The molecule has 3 heterocycles. The quantitative estimate of drug-likeness (QED) is 0.784. The zero-order valence-electron chi connectivity index (χ0n) is 12.0. The smallest absolute Gasteiger partial charge is 0.257 e. The maximum Gasteiger partial charge on any atom is 0.257 e. The number of aromatic nitrogens is 5. The fraction of sp³-hybridized carbons (Fsp3) is 0.333. The van der Waals surface area contributed by atoms with Gasteiger partial charge in [0.05, 0.1) is 13.1 Å². The molecule has 7 heteroatoms. The lowest BCUT2D eigenvalue weighted by atomic mass is 10.1. The largest absolute Gasteiger partial charge is 0.334 e. The average Bonchev–Trinajstić information content (AvgIpc) is 3.22. The molecule has 0 aliphatic carbocycles. The number of fused-ring (bicyclic) bond motifs is 1. The molecule has 1 aliphatic heterocycles. The third-order valence-corrected chi connectivity index (χ3v) is 3.84. The van der Waals surface area contributed by atoms with E-state index in [2.05, 4.69) is 25.5 Å². The number of aryl methyl sites for hydroxylation is 1. The fourth-order valence-electron chi connectivity index (χ4n) is 2.66. The van der Waals surface area contributed by atoms with Crippen LogP contribution in [0.1, 0.15) is 18.1 Å². The van der Waals surface area contributed by atoms with Crippen molar-refractivity contribution in [1.29, 1.82) is 0 Å². The minimum absolute atomic E-state index is 0.355. The number of hydrogen-bond acceptors (Lipinski definition) is 6. The number of nitrogens with one attached hydrogen (secondary N) is 1. The summed E-state index contributed by atoms with van der Waals surface area (Å²) in [5.74, 6) is 2.28. The van der Waals surface area contributed by atoms with E-state index in [0.29, 0.717) is 24.3 Å². The molecule has 1 N–H and O–H groups in total. The zero-order valence-corrected chi connectivity index (χ0v) is 12.0. The summed E-state index contributed by atoms with van der Waals surface area (Å²) in [5, 5.41) is 11.7. The minimum atomic E-state index is 0.355. The molecular weight excluding hydrogens is 280 g/mol. The van der Waals surface area contributed by atoms with Crippen molar-refractivity contribution in [2.75, 3.05) is 0 Å². The van der Waals surface area contributed by atoms with Gasteiger partial charge in [-0.3, -0.25) is 0 Å². The SMILES string of the molecule is c1ccc(-c2nc(CN[C@@H]3CCc4ncnn4C3)no2)cc1. The first-order valence-corrected chi connectivity index (χ1v) is 7.36. The first-order chi connectivity index (χ1) is 10.9. The van der Waals surface area contributed by atoms with Crippen LogP contribution in [0.2, 0.25) is 0 Å². The van der Waals surface area contributed by atoms with E-state index in [-0.39, 0.29) is 0 Å². The Morgan fingerprint density at radius 1 is 1.27 bits per heavy atom. The maximum atomic E-state index is 5.31. The van der Waals surface area contributed by atoms with Crippen LogP contribution in [0.5, 0.6) is 0 Å². The molecule has 0 spiro atoms. The Hall–Kier alpha value is -2.54. The minimum Gasteiger partial charge on any atom is -0.334 e. The lowest BCUT2D eigenvalue weighted by Gasteiger charge is -2.22. The first-order valence-electron chi connectivity index (χ1n) is 7.36. The van der Waals surface area contributed by atoms with Gasteiger partial charge in [-0.1, -0.05) is 23.4 Å². The second kappa shape index (κ2) is 5.69. The third kappa shape index (κ3) is 2.62. The second-order valence-corrected chi connectivity index (χ2v) is 5.36. The van der Waals surface area contributed by atoms with E-state index in [1.54, 1.807) is 6.33 Å². The number of nitrogens with zero attached hydrogens (tertiary/aromatic N) is 5. The van der Waals surface area contributed by atoms with Gasteiger partial charge in [-0.05, 0) is 18.6 Å². The van der Waals surface area contributed by atoms with E-state index in [9.17, 15) is 0 Å². The van der Waals surface area contributed by atoms with Crippen molar-refractivity contribution in [3.63, 3.8) is 0 Å². The molecule has 0 saturated carbocycles. The molecule has 1 aliphatic rings. The summed E-state index contributed by atoms with van der Waals surface area (Å²) >= 11 is 0. The summed E-state index contributed by atoms with van der Waals surface area (Å²) in [6, 6.07) is 10.1. The summed E-state index contributed by atoms with van der Waals surface area (Å²) in [7, 11) is 0. The van der Waals surface area contributed by atoms with E-state index in [1.165, 1.54) is 0 Å². The van der Waals surface area contributed by atoms with Gasteiger partial charge in [0.1, 0.15) is 12.2 Å². The van der Waals surface area contributed by atoms with Crippen molar-refractivity contribution >= 4 is 0 Å². The van der Waals surface area contributed by atoms with Gasteiger partial charge >= 0.3 is 0 Å². The molecule has 0 saturated heterocycles. The van der Waals surface area contributed by atoms with Crippen molar-refractivity contribution in [3.05, 3.63) is 48.3 Å². The van der Waals surface area contributed by atoms with Crippen LogP contribution in [0.3, 0.4) is 0 Å². The highest BCUT2D eigenvalue weighted by molar-refractivity contribution is 5.51. The highest BCUT2D eigenvalue weighted by Crippen LogP contribution is 2.16. The fourth-order valence-corrected chi connectivity index (χ4v) is 2.66. The van der Waals surface area contributed by atoms with Crippen LogP contribution >= 0.6 is 0 Å². The van der Waals surface area contributed by atoms with E-state index in [4.69, 9.17) is 4.52 Å². The molecule has 0 radical (unpaired) electrons. The Bertz CT molecular complexity index is 750.